The number of nitrogen functional groups attached to an aromatic ring is 2. The molecule has 0 aliphatic carbocycles. The molecule has 6 nitrogen and oxygen atoms in total. The summed E-state index contributed by atoms with van der Waals surface area (Å²) in [4.78, 5) is 0. The summed E-state index contributed by atoms with van der Waals surface area (Å²) in [7, 11) is -3.41. The van der Waals surface area contributed by atoms with Crippen molar-refractivity contribution in [2.75, 3.05) is 17.7 Å². The molecule has 0 bridgehead atoms. The zero-order valence-corrected chi connectivity index (χ0v) is 6.67. The molecule has 0 amide bonds. The molecule has 0 spiro atoms. The van der Waals surface area contributed by atoms with E-state index < -0.39 is 10.0 Å². The molecule has 0 radical (unpaired) electrons. The Morgan fingerprint density at radius 2 is 2.09 bits per heavy atom. The highest BCUT2D eigenvalue weighted by Gasteiger charge is 2.11. The van der Waals surface area contributed by atoms with E-state index in [-0.39, 0.29) is 11.5 Å². The van der Waals surface area contributed by atoms with Crippen molar-refractivity contribution in [2.45, 2.75) is 0 Å². The van der Waals surface area contributed by atoms with Crippen LogP contribution in [-0.4, -0.2) is 23.9 Å². The summed E-state index contributed by atoms with van der Waals surface area (Å²) in [6.07, 6.45) is 2.19. The van der Waals surface area contributed by atoms with E-state index in [0.717, 1.165) is 6.26 Å². The predicted octanol–water partition coefficient (Wildman–Crippen LogP) is -1.14. The summed E-state index contributed by atoms with van der Waals surface area (Å²) < 4.78 is 22.3. The Labute approximate surface area is 63.8 Å². The van der Waals surface area contributed by atoms with Crippen molar-refractivity contribution in [1.82, 2.24) is 9.19 Å². The minimum atomic E-state index is -3.41. The largest absolute Gasteiger partial charge is 0.394 e. The van der Waals surface area contributed by atoms with Gasteiger partial charge in [-0.2, -0.15) is 5.10 Å². The molecule has 11 heavy (non-hydrogen) atoms. The second kappa shape index (κ2) is 2.12. The summed E-state index contributed by atoms with van der Waals surface area (Å²) in [6.45, 7) is 0. The van der Waals surface area contributed by atoms with Crippen LogP contribution in [0.15, 0.2) is 6.20 Å². The monoisotopic (exact) mass is 176 g/mol. The maximum Gasteiger partial charge on any atom is 0.252 e. The molecule has 0 atom stereocenters. The molecular formula is C4H8N4O2S. The molecule has 4 N–H and O–H groups in total. The number of rotatable bonds is 1. The molecule has 1 rings (SSSR count). The second-order valence-electron chi connectivity index (χ2n) is 2.09. The van der Waals surface area contributed by atoms with Gasteiger partial charge in [-0.15, -0.1) is 4.09 Å². The van der Waals surface area contributed by atoms with Gasteiger partial charge in [-0.1, -0.05) is 0 Å². The molecule has 1 aromatic heterocycles. The van der Waals surface area contributed by atoms with Gasteiger partial charge in [-0.3, -0.25) is 0 Å². The van der Waals surface area contributed by atoms with Crippen LogP contribution in [0.3, 0.4) is 0 Å². The molecule has 1 aromatic rings. The lowest BCUT2D eigenvalue weighted by molar-refractivity contribution is 0.587. The molecule has 62 valence electrons. The van der Waals surface area contributed by atoms with Crippen LogP contribution in [-0.2, 0) is 10.0 Å². The number of nitrogens with two attached hydrogens (primary N) is 2. The third-order valence-electron chi connectivity index (χ3n) is 1.12. The van der Waals surface area contributed by atoms with Crippen LogP contribution in [0.4, 0.5) is 11.5 Å². The normalized spacial score (nSPS) is 11.7. The second-order valence-corrected chi connectivity index (χ2v) is 3.90. The van der Waals surface area contributed by atoms with Gasteiger partial charge in [-0.25, -0.2) is 8.42 Å². The molecule has 0 aromatic carbocycles. The Morgan fingerprint density at radius 3 is 2.27 bits per heavy atom. The average molecular weight is 176 g/mol. The van der Waals surface area contributed by atoms with Crippen LogP contribution in [0.2, 0.25) is 0 Å². The highest BCUT2D eigenvalue weighted by molar-refractivity contribution is 7.89. The Morgan fingerprint density at radius 1 is 1.55 bits per heavy atom. The van der Waals surface area contributed by atoms with E-state index in [1.54, 1.807) is 0 Å². The van der Waals surface area contributed by atoms with Gasteiger partial charge in [0.25, 0.3) is 10.0 Å². The summed E-state index contributed by atoms with van der Waals surface area (Å²) in [5.41, 5.74) is 10.7. The van der Waals surface area contributed by atoms with Gasteiger partial charge in [-0.05, 0) is 0 Å². The smallest absolute Gasteiger partial charge is 0.252 e. The molecule has 0 aliphatic heterocycles. The lowest BCUT2D eigenvalue weighted by Crippen LogP contribution is -2.14. The van der Waals surface area contributed by atoms with E-state index in [1.165, 1.54) is 6.20 Å². The lowest BCUT2D eigenvalue weighted by Gasteiger charge is -1.98. The van der Waals surface area contributed by atoms with Crippen molar-refractivity contribution in [3.05, 3.63) is 6.20 Å². The van der Waals surface area contributed by atoms with Crippen LogP contribution >= 0.6 is 0 Å². The summed E-state index contributed by atoms with van der Waals surface area (Å²) >= 11 is 0. The van der Waals surface area contributed by atoms with Gasteiger partial charge < -0.3 is 11.5 Å². The molecule has 0 saturated carbocycles. The van der Waals surface area contributed by atoms with E-state index >= 15 is 0 Å². The highest BCUT2D eigenvalue weighted by Crippen LogP contribution is 2.13. The quantitative estimate of drug-likeness (QED) is 0.562. The van der Waals surface area contributed by atoms with Gasteiger partial charge in [0, 0.05) is 0 Å². The van der Waals surface area contributed by atoms with E-state index in [2.05, 4.69) is 5.10 Å². The van der Waals surface area contributed by atoms with Gasteiger partial charge in [0.1, 0.15) is 0 Å². The summed E-state index contributed by atoms with van der Waals surface area (Å²) in [5.74, 6) is -0.0486. The van der Waals surface area contributed by atoms with Crippen LogP contribution in [0.25, 0.3) is 0 Å². The van der Waals surface area contributed by atoms with E-state index in [0.29, 0.717) is 4.09 Å². The number of aromatic nitrogens is 2. The first kappa shape index (κ1) is 7.86. The van der Waals surface area contributed by atoms with E-state index in [9.17, 15) is 8.42 Å². The van der Waals surface area contributed by atoms with Crippen LogP contribution in [0.5, 0.6) is 0 Å². The summed E-state index contributed by atoms with van der Waals surface area (Å²) in [6, 6.07) is 0. The van der Waals surface area contributed by atoms with E-state index in [1.807, 2.05) is 0 Å². The minimum Gasteiger partial charge on any atom is -0.394 e. The van der Waals surface area contributed by atoms with Crippen molar-refractivity contribution in [2.24, 2.45) is 0 Å². The van der Waals surface area contributed by atoms with Gasteiger partial charge in [0.15, 0.2) is 5.82 Å². The fourth-order valence-electron chi connectivity index (χ4n) is 0.618. The molecule has 0 saturated heterocycles. The van der Waals surface area contributed by atoms with Gasteiger partial charge >= 0.3 is 0 Å². The first-order valence-electron chi connectivity index (χ1n) is 2.72. The van der Waals surface area contributed by atoms with Crippen molar-refractivity contribution in [3.8, 4) is 0 Å². The number of anilines is 2. The van der Waals surface area contributed by atoms with Crippen LogP contribution in [0, 0.1) is 0 Å². The Hall–Kier alpha value is -1.24. The van der Waals surface area contributed by atoms with Crippen molar-refractivity contribution in [1.29, 1.82) is 0 Å². The molecule has 7 heteroatoms. The zero-order chi connectivity index (χ0) is 8.65. The maximum absolute atomic E-state index is 10.8. The molecule has 0 unspecified atom stereocenters. The SMILES string of the molecule is CS(=O)(=O)n1ncc(N)c1N. The lowest BCUT2D eigenvalue weighted by atomic mass is 10.6. The van der Waals surface area contributed by atoms with Crippen molar-refractivity contribution in [3.63, 3.8) is 0 Å². The Balaban J connectivity index is 3.38. The maximum atomic E-state index is 10.8. The first-order valence-corrected chi connectivity index (χ1v) is 4.57. The number of hydrogen-bond donors (Lipinski definition) is 2. The standard InChI is InChI=1S/C4H8N4O2S/c1-11(9,10)8-4(6)3(5)2-7-8/h2H,5-6H2,1H3. The Bertz CT molecular complexity index is 365. The molecular weight excluding hydrogens is 168 g/mol. The van der Waals surface area contributed by atoms with E-state index in [4.69, 9.17) is 11.5 Å². The Kier molecular flexibility index (Phi) is 1.52. The highest BCUT2D eigenvalue weighted by atomic mass is 32.2. The number of nitrogens with zero attached hydrogens (tertiary/aromatic N) is 2. The van der Waals surface area contributed by atoms with Gasteiger partial charge in [0.05, 0.1) is 18.1 Å². The average Bonchev–Trinajstić information content (AvgIpc) is 2.11. The predicted molar refractivity (Wildman–Crippen MR) is 41.3 cm³/mol. The molecule has 1 heterocycles. The molecule has 0 fully saturated rings. The molecule has 0 aliphatic rings. The summed E-state index contributed by atoms with van der Waals surface area (Å²) in [5, 5.41) is 3.47. The van der Waals surface area contributed by atoms with Crippen LogP contribution in [0.1, 0.15) is 0 Å². The first-order chi connectivity index (χ1) is 4.93. The third kappa shape index (κ3) is 1.27. The fourth-order valence-corrected chi connectivity index (χ4v) is 1.30. The van der Waals surface area contributed by atoms with Crippen molar-refractivity contribution >= 4 is 21.5 Å². The fraction of sp³-hybridized carbons (Fsp3) is 0.250. The topological polar surface area (TPSA) is 104 Å². The minimum absolute atomic E-state index is 0.0486. The van der Waals surface area contributed by atoms with Crippen molar-refractivity contribution < 1.29 is 8.42 Å². The van der Waals surface area contributed by atoms with Gasteiger partial charge in [0.2, 0.25) is 0 Å². The number of hydrogen-bond acceptors (Lipinski definition) is 5. The van der Waals surface area contributed by atoms with Crippen LogP contribution < -0.4 is 11.5 Å². The third-order valence-corrected chi connectivity index (χ3v) is 2.04. The zero-order valence-electron chi connectivity index (χ0n) is 5.85.